The number of nitrogens with one attached hydrogen (secondary N) is 1. The first-order chi connectivity index (χ1) is 9.83. The van der Waals surface area contributed by atoms with Gasteiger partial charge >= 0.3 is 0 Å². The van der Waals surface area contributed by atoms with Crippen LogP contribution in [0.4, 0.5) is 10.1 Å². The van der Waals surface area contributed by atoms with Gasteiger partial charge in [0.25, 0.3) is 10.0 Å². The Morgan fingerprint density at radius 2 is 1.95 bits per heavy atom. The van der Waals surface area contributed by atoms with Crippen molar-refractivity contribution in [2.24, 2.45) is 0 Å². The molecule has 0 heterocycles. The number of aryl methyl sites for hydroxylation is 1. The number of hydrogen-bond acceptors (Lipinski definition) is 3. The molecular weight excluding hydrogens is 359 g/mol. The molecule has 0 fully saturated rings. The number of halogens is 2. The molecule has 2 aromatic carbocycles. The van der Waals surface area contributed by atoms with Crippen LogP contribution in [0.2, 0.25) is 0 Å². The van der Waals surface area contributed by atoms with Crippen LogP contribution >= 0.6 is 15.9 Å². The lowest BCUT2D eigenvalue weighted by molar-refractivity contribution is 0.598. The lowest BCUT2D eigenvalue weighted by Gasteiger charge is -2.11. The summed E-state index contributed by atoms with van der Waals surface area (Å²) >= 11 is 3.15. The van der Waals surface area contributed by atoms with Crippen molar-refractivity contribution in [2.45, 2.75) is 11.8 Å². The van der Waals surface area contributed by atoms with Gasteiger partial charge in [0.15, 0.2) is 0 Å². The Labute approximate surface area is 130 Å². The molecule has 0 aliphatic heterocycles. The van der Waals surface area contributed by atoms with Gasteiger partial charge in [-0.15, -0.1) is 0 Å². The molecule has 0 spiro atoms. The minimum atomic E-state index is -3.98. The maximum Gasteiger partial charge on any atom is 0.262 e. The third-order valence-corrected chi connectivity index (χ3v) is 4.78. The van der Waals surface area contributed by atoms with Crippen molar-refractivity contribution in [1.82, 2.24) is 0 Å². The van der Waals surface area contributed by atoms with Gasteiger partial charge in [-0.25, -0.2) is 12.8 Å². The zero-order valence-electron chi connectivity index (χ0n) is 10.9. The van der Waals surface area contributed by atoms with E-state index in [-0.39, 0.29) is 16.1 Å². The number of benzene rings is 2. The highest BCUT2D eigenvalue weighted by molar-refractivity contribution is 9.10. The molecule has 2 aromatic rings. The van der Waals surface area contributed by atoms with E-state index in [0.717, 1.165) is 6.07 Å². The van der Waals surface area contributed by atoms with E-state index in [1.807, 2.05) is 6.07 Å². The molecular formula is C14H10BrFN2O2S. The molecule has 0 unspecified atom stereocenters. The van der Waals surface area contributed by atoms with Crippen molar-refractivity contribution in [1.29, 1.82) is 5.26 Å². The van der Waals surface area contributed by atoms with Crippen LogP contribution in [0.1, 0.15) is 11.1 Å². The van der Waals surface area contributed by atoms with Gasteiger partial charge in [0, 0.05) is 4.47 Å². The van der Waals surface area contributed by atoms with E-state index in [0.29, 0.717) is 10.0 Å². The van der Waals surface area contributed by atoms with Crippen LogP contribution in [-0.4, -0.2) is 8.42 Å². The Morgan fingerprint density at radius 1 is 1.24 bits per heavy atom. The maximum atomic E-state index is 13.7. The lowest BCUT2D eigenvalue weighted by Crippen LogP contribution is -2.15. The second-order valence-corrected chi connectivity index (χ2v) is 6.89. The quantitative estimate of drug-likeness (QED) is 0.899. The standard InChI is InChI=1S/C14H10BrFN2O2S/c1-9-2-3-10(8-17)6-14(9)21(19,20)18-13-7-11(15)4-5-12(13)16/h2-7,18H,1H3. The molecule has 0 saturated carbocycles. The van der Waals surface area contributed by atoms with Crippen LogP contribution in [0, 0.1) is 24.1 Å². The predicted octanol–water partition coefficient (Wildman–Crippen LogP) is 3.57. The van der Waals surface area contributed by atoms with Crippen molar-refractivity contribution in [3.8, 4) is 6.07 Å². The van der Waals surface area contributed by atoms with E-state index >= 15 is 0 Å². The Bertz CT molecular complexity index is 845. The molecule has 0 aliphatic carbocycles. The first-order valence-electron chi connectivity index (χ1n) is 5.82. The molecule has 4 nitrogen and oxygen atoms in total. The van der Waals surface area contributed by atoms with Gasteiger partial charge in [-0.3, -0.25) is 4.72 Å². The Hall–Kier alpha value is -1.91. The van der Waals surface area contributed by atoms with Crippen LogP contribution in [0.3, 0.4) is 0 Å². The molecule has 0 aliphatic rings. The van der Waals surface area contributed by atoms with Crippen molar-refractivity contribution in [3.63, 3.8) is 0 Å². The molecule has 0 radical (unpaired) electrons. The summed E-state index contributed by atoms with van der Waals surface area (Å²) in [5.41, 5.74) is 0.527. The highest BCUT2D eigenvalue weighted by Gasteiger charge is 2.19. The number of nitriles is 1. The van der Waals surface area contributed by atoms with Gasteiger partial charge < -0.3 is 0 Å². The molecule has 1 N–H and O–H groups in total. The van der Waals surface area contributed by atoms with Crippen molar-refractivity contribution in [2.75, 3.05) is 4.72 Å². The molecule has 21 heavy (non-hydrogen) atoms. The largest absolute Gasteiger partial charge is 0.277 e. The molecule has 2 rings (SSSR count). The van der Waals surface area contributed by atoms with Gasteiger partial charge in [0.2, 0.25) is 0 Å². The fraction of sp³-hybridized carbons (Fsp3) is 0.0714. The van der Waals surface area contributed by atoms with E-state index in [2.05, 4.69) is 20.7 Å². The normalized spacial score (nSPS) is 11.0. The van der Waals surface area contributed by atoms with E-state index in [4.69, 9.17) is 5.26 Å². The van der Waals surface area contributed by atoms with Gasteiger partial charge in [0.05, 0.1) is 22.2 Å². The predicted molar refractivity (Wildman–Crippen MR) is 80.8 cm³/mol. The Morgan fingerprint density at radius 3 is 2.62 bits per heavy atom. The summed E-state index contributed by atoms with van der Waals surface area (Å²) in [6.07, 6.45) is 0. The topological polar surface area (TPSA) is 70.0 Å². The van der Waals surface area contributed by atoms with Crippen molar-refractivity contribution >= 4 is 31.6 Å². The van der Waals surface area contributed by atoms with Crippen LogP contribution in [-0.2, 0) is 10.0 Å². The van der Waals surface area contributed by atoms with E-state index in [1.54, 1.807) is 6.92 Å². The van der Waals surface area contributed by atoms with Gasteiger partial charge in [-0.1, -0.05) is 22.0 Å². The SMILES string of the molecule is Cc1ccc(C#N)cc1S(=O)(=O)Nc1cc(Br)ccc1F. The van der Waals surface area contributed by atoms with Crippen molar-refractivity contribution < 1.29 is 12.8 Å². The number of sulfonamides is 1. The van der Waals surface area contributed by atoms with Crippen molar-refractivity contribution in [3.05, 3.63) is 57.8 Å². The molecule has 7 heteroatoms. The summed E-state index contributed by atoms with van der Waals surface area (Å²) in [5, 5.41) is 8.86. The van der Waals surface area contributed by atoms with E-state index < -0.39 is 15.8 Å². The third kappa shape index (κ3) is 3.40. The van der Waals surface area contributed by atoms with Gasteiger partial charge in [-0.05, 0) is 42.8 Å². The number of anilines is 1. The number of nitrogens with zero attached hydrogens (tertiary/aromatic N) is 1. The zero-order chi connectivity index (χ0) is 15.6. The molecule has 0 atom stereocenters. The first-order valence-corrected chi connectivity index (χ1v) is 8.10. The minimum Gasteiger partial charge on any atom is -0.277 e. The fourth-order valence-corrected chi connectivity index (χ4v) is 3.43. The third-order valence-electron chi connectivity index (χ3n) is 2.78. The summed E-state index contributed by atoms with van der Waals surface area (Å²) in [6.45, 7) is 1.60. The Balaban J connectivity index is 2.48. The smallest absolute Gasteiger partial charge is 0.262 e. The van der Waals surface area contributed by atoms with Crippen LogP contribution in [0.25, 0.3) is 0 Å². The zero-order valence-corrected chi connectivity index (χ0v) is 13.3. The highest BCUT2D eigenvalue weighted by atomic mass is 79.9. The van der Waals surface area contributed by atoms with Crippen LogP contribution < -0.4 is 4.72 Å². The average Bonchev–Trinajstić information content (AvgIpc) is 2.43. The summed E-state index contributed by atoms with van der Waals surface area (Å²) in [4.78, 5) is -0.0547. The molecule has 0 aromatic heterocycles. The average molecular weight is 369 g/mol. The number of rotatable bonds is 3. The van der Waals surface area contributed by atoms with Gasteiger partial charge in [-0.2, -0.15) is 5.26 Å². The lowest BCUT2D eigenvalue weighted by atomic mass is 10.2. The van der Waals surface area contributed by atoms with Gasteiger partial charge in [0.1, 0.15) is 5.82 Å². The molecule has 0 amide bonds. The second-order valence-electron chi connectivity index (χ2n) is 4.32. The summed E-state index contributed by atoms with van der Waals surface area (Å²) in [6, 6.07) is 10.1. The van der Waals surface area contributed by atoms with Crippen LogP contribution in [0.15, 0.2) is 45.8 Å². The van der Waals surface area contributed by atoms with E-state index in [9.17, 15) is 12.8 Å². The molecule has 0 saturated heterocycles. The second kappa shape index (κ2) is 5.84. The highest BCUT2D eigenvalue weighted by Crippen LogP contribution is 2.25. The van der Waals surface area contributed by atoms with Crippen LogP contribution in [0.5, 0.6) is 0 Å². The maximum absolute atomic E-state index is 13.7. The number of hydrogen-bond donors (Lipinski definition) is 1. The fourth-order valence-electron chi connectivity index (χ4n) is 1.73. The molecule has 0 bridgehead atoms. The first kappa shape index (κ1) is 15.5. The summed E-state index contributed by atoms with van der Waals surface area (Å²) in [7, 11) is -3.98. The molecule has 108 valence electrons. The minimum absolute atomic E-state index is 0.0547. The Kier molecular flexibility index (Phi) is 4.30. The monoisotopic (exact) mass is 368 g/mol. The summed E-state index contributed by atoms with van der Waals surface area (Å²) < 4.78 is 41.1. The summed E-state index contributed by atoms with van der Waals surface area (Å²) in [5.74, 6) is -0.684. The van der Waals surface area contributed by atoms with E-state index in [1.165, 1.54) is 30.3 Å².